The summed E-state index contributed by atoms with van der Waals surface area (Å²) in [5.41, 5.74) is 12.3. The highest BCUT2D eigenvalue weighted by Gasteiger charge is 2.33. The van der Waals surface area contributed by atoms with E-state index < -0.39 is 0 Å². The van der Waals surface area contributed by atoms with Crippen LogP contribution in [0, 0.1) is 16.7 Å². The van der Waals surface area contributed by atoms with Crippen LogP contribution in [0.4, 0.5) is 11.4 Å². The first-order chi connectivity index (χ1) is 17.1. The van der Waals surface area contributed by atoms with Crippen molar-refractivity contribution >= 4 is 29.2 Å². The maximum absolute atomic E-state index is 12.9. The second-order valence-electron chi connectivity index (χ2n) is 8.69. The molecule has 2 heterocycles. The topological polar surface area (TPSA) is 109 Å². The third-order valence-corrected chi connectivity index (χ3v) is 6.74. The van der Waals surface area contributed by atoms with Crippen LogP contribution in [-0.4, -0.2) is 43.2 Å². The van der Waals surface area contributed by atoms with E-state index in [1.807, 2.05) is 54.6 Å². The molecule has 0 spiro atoms. The van der Waals surface area contributed by atoms with E-state index in [2.05, 4.69) is 27.3 Å². The maximum Gasteiger partial charge on any atom is 0.256 e. The smallest absolute Gasteiger partial charge is 0.256 e. The van der Waals surface area contributed by atoms with Gasteiger partial charge in [-0.2, -0.15) is 5.26 Å². The summed E-state index contributed by atoms with van der Waals surface area (Å²) >= 11 is 0. The molecule has 1 atom stereocenters. The summed E-state index contributed by atoms with van der Waals surface area (Å²) in [6, 6.07) is 23.7. The number of amides is 1. The largest absolute Gasteiger partial charge is 0.398 e. The number of anilines is 2. The molecule has 1 saturated heterocycles. The molecule has 35 heavy (non-hydrogen) atoms. The number of carbonyl (C=O) groups excluding carboxylic acids is 1. The third-order valence-electron chi connectivity index (χ3n) is 6.74. The monoisotopic (exact) mass is 462 g/mol. The van der Waals surface area contributed by atoms with Crippen molar-refractivity contribution in [1.29, 1.82) is 10.7 Å². The maximum atomic E-state index is 12.9. The number of fused-ring (bicyclic) bond motifs is 2. The molecule has 0 aromatic heterocycles. The number of nitriles is 1. The highest BCUT2D eigenvalue weighted by atomic mass is 16.1. The summed E-state index contributed by atoms with van der Waals surface area (Å²) in [4.78, 5) is 17.6. The minimum Gasteiger partial charge on any atom is -0.398 e. The van der Waals surface area contributed by atoms with E-state index in [4.69, 9.17) is 11.1 Å². The van der Waals surface area contributed by atoms with Gasteiger partial charge in [0.15, 0.2) is 0 Å². The summed E-state index contributed by atoms with van der Waals surface area (Å²) in [5, 5.41) is 20.1. The predicted octanol–water partition coefficient (Wildman–Crippen LogP) is 3.98. The Bertz CT molecular complexity index is 1360. The normalized spacial score (nSPS) is 18.0. The molecule has 0 radical (unpaired) electrons. The molecule has 174 valence electrons. The Kier molecular flexibility index (Phi) is 6.04. The number of nitrogens with one attached hydrogen (secondary N) is 2. The van der Waals surface area contributed by atoms with E-state index in [-0.39, 0.29) is 11.9 Å². The van der Waals surface area contributed by atoms with Gasteiger partial charge in [0.25, 0.3) is 5.91 Å². The molecule has 3 aromatic rings. The zero-order valence-electron chi connectivity index (χ0n) is 19.2. The first-order valence-electron chi connectivity index (χ1n) is 11.6. The SMILES string of the molecule is N#Cc1cc(/C(N)=C/C=N)ccc1N1CCN(C2c3ccccc3NC(=O)c3ccccc32)CC1. The number of allylic oxidation sites excluding steroid dienone is 1. The Morgan fingerprint density at radius 1 is 1.03 bits per heavy atom. The Morgan fingerprint density at radius 3 is 2.49 bits per heavy atom. The third kappa shape index (κ3) is 4.16. The molecule has 1 amide bonds. The molecule has 4 N–H and O–H groups in total. The highest BCUT2D eigenvalue weighted by molar-refractivity contribution is 6.07. The van der Waals surface area contributed by atoms with Gasteiger partial charge in [0.1, 0.15) is 6.07 Å². The molecule has 0 aliphatic carbocycles. The summed E-state index contributed by atoms with van der Waals surface area (Å²) in [6.45, 7) is 3.07. The molecule has 5 rings (SSSR count). The number of nitrogens with two attached hydrogens (primary N) is 1. The van der Waals surface area contributed by atoms with Gasteiger partial charge in [0.2, 0.25) is 0 Å². The molecule has 1 fully saturated rings. The van der Waals surface area contributed by atoms with E-state index in [1.54, 1.807) is 6.07 Å². The lowest BCUT2D eigenvalue weighted by Crippen LogP contribution is -2.48. The first kappa shape index (κ1) is 22.4. The van der Waals surface area contributed by atoms with Crippen molar-refractivity contribution in [2.24, 2.45) is 5.73 Å². The highest BCUT2D eigenvalue weighted by Crippen LogP contribution is 2.39. The predicted molar refractivity (Wildman–Crippen MR) is 139 cm³/mol. The van der Waals surface area contributed by atoms with E-state index in [0.717, 1.165) is 60.5 Å². The molecule has 0 bridgehead atoms. The van der Waals surface area contributed by atoms with Gasteiger partial charge >= 0.3 is 0 Å². The molecule has 3 aromatic carbocycles. The average Bonchev–Trinajstić information content (AvgIpc) is 3.02. The summed E-state index contributed by atoms with van der Waals surface area (Å²) in [6.07, 6.45) is 2.65. The van der Waals surface area contributed by atoms with Crippen molar-refractivity contribution in [1.82, 2.24) is 4.90 Å². The molecule has 2 aliphatic rings. The summed E-state index contributed by atoms with van der Waals surface area (Å²) < 4.78 is 0. The van der Waals surface area contributed by atoms with Crippen LogP contribution >= 0.6 is 0 Å². The Balaban J connectivity index is 1.43. The summed E-state index contributed by atoms with van der Waals surface area (Å²) in [5.74, 6) is -0.0794. The van der Waals surface area contributed by atoms with Gasteiger partial charge in [-0.15, -0.1) is 0 Å². The van der Waals surface area contributed by atoms with Crippen LogP contribution in [0.5, 0.6) is 0 Å². The summed E-state index contributed by atoms with van der Waals surface area (Å²) in [7, 11) is 0. The van der Waals surface area contributed by atoms with E-state index in [1.165, 1.54) is 6.08 Å². The molecule has 1 unspecified atom stereocenters. The van der Waals surface area contributed by atoms with Gasteiger partial charge in [0, 0.05) is 49.3 Å². The number of benzene rings is 3. The second kappa shape index (κ2) is 9.45. The Hall–Kier alpha value is -4.41. The fourth-order valence-corrected chi connectivity index (χ4v) is 5.03. The second-order valence-corrected chi connectivity index (χ2v) is 8.69. The first-order valence-corrected chi connectivity index (χ1v) is 11.6. The van der Waals surface area contributed by atoms with Gasteiger partial charge in [-0.05, 0) is 47.0 Å². The van der Waals surface area contributed by atoms with E-state index in [9.17, 15) is 10.1 Å². The fourth-order valence-electron chi connectivity index (χ4n) is 5.03. The van der Waals surface area contributed by atoms with E-state index in [0.29, 0.717) is 16.8 Å². The number of carbonyl (C=O) groups is 1. The Labute approximate surface area is 204 Å². The van der Waals surface area contributed by atoms with Crippen molar-refractivity contribution in [3.8, 4) is 6.07 Å². The molecule has 7 nitrogen and oxygen atoms in total. The molecule has 0 saturated carbocycles. The van der Waals surface area contributed by atoms with Crippen LogP contribution in [-0.2, 0) is 0 Å². The van der Waals surface area contributed by atoms with Gasteiger partial charge in [-0.1, -0.05) is 42.5 Å². The minimum absolute atomic E-state index is 0.0348. The quantitative estimate of drug-likeness (QED) is 0.508. The van der Waals surface area contributed by atoms with Crippen LogP contribution in [0.1, 0.15) is 38.7 Å². The van der Waals surface area contributed by atoms with E-state index >= 15 is 0 Å². The van der Waals surface area contributed by atoms with Crippen molar-refractivity contribution in [3.05, 3.63) is 101 Å². The molecule has 2 aliphatic heterocycles. The van der Waals surface area contributed by atoms with Gasteiger partial charge in [-0.3, -0.25) is 9.69 Å². The van der Waals surface area contributed by atoms with Crippen LogP contribution in [0.2, 0.25) is 0 Å². The zero-order chi connectivity index (χ0) is 24.4. The van der Waals surface area contributed by atoms with Gasteiger partial charge in [-0.25, -0.2) is 0 Å². The Morgan fingerprint density at radius 2 is 1.74 bits per heavy atom. The number of piperazine rings is 1. The number of para-hydroxylation sites is 1. The molecule has 7 heteroatoms. The van der Waals surface area contributed by atoms with Crippen LogP contribution in [0.15, 0.2) is 72.8 Å². The molecular weight excluding hydrogens is 436 g/mol. The van der Waals surface area contributed by atoms with Gasteiger partial charge < -0.3 is 21.4 Å². The standard InChI is InChI=1S/C28H26N6O/c29-12-11-24(31)19-9-10-26(20(17-19)18-30)33-13-15-34(16-14-33)27-21-5-1-2-6-22(21)28(35)32-25-8-4-3-7-23(25)27/h1-12,17,27,29H,13-16,31H2,(H,32,35)/b24-11-,29-12?. The van der Waals surface area contributed by atoms with Crippen molar-refractivity contribution < 1.29 is 4.79 Å². The van der Waals surface area contributed by atoms with Gasteiger partial charge in [0.05, 0.1) is 17.3 Å². The van der Waals surface area contributed by atoms with Crippen LogP contribution < -0.4 is 16.0 Å². The fraction of sp³-hybridized carbons (Fsp3) is 0.179. The zero-order valence-corrected chi connectivity index (χ0v) is 19.2. The minimum atomic E-state index is -0.0794. The number of hydrogen-bond acceptors (Lipinski definition) is 6. The number of rotatable bonds is 4. The lowest BCUT2D eigenvalue weighted by molar-refractivity contribution is 0.102. The number of nitrogens with zero attached hydrogens (tertiary/aromatic N) is 3. The van der Waals surface area contributed by atoms with Crippen LogP contribution in [0.25, 0.3) is 5.70 Å². The van der Waals surface area contributed by atoms with Crippen molar-refractivity contribution in [2.75, 3.05) is 36.4 Å². The van der Waals surface area contributed by atoms with Crippen LogP contribution in [0.3, 0.4) is 0 Å². The van der Waals surface area contributed by atoms with Crippen molar-refractivity contribution in [3.63, 3.8) is 0 Å². The lowest BCUT2D eigenvalue weighted by Gasteiger charge is -2.41. The lowest BCUT2D eigenvalue weighted by atomic mass is 9.93. The van der Waals surface area contributed by atoms with Crippen molar-refractivity contribution in [2.45, 2.75) is 6.04 Å². The average molecular weight is 463 g/mol. The number of hydrogen-bond donors (Lipinski definition) is 3. The molecular formula is C28H26N6O.